The molecule has 2 unspecified atom stereocenters. The standard InChI is InChI=1S/C17H33N3O3/c1-5-10-18-15(21)12-19-14-9-7-6-8-13(14)11-20-16(22)23-17(2,3)4/h13-14,19H,5-12H2,1-4H3,(H,18,21)(H,20,22). The highest BCUT2D eigenvalue weighted by atomic mass is 16.6. The largest absolute Gasteiger partial charge is 0.444 e. The molecule has 6 nitrogen and oxygen atoms in total. The molecule has 1 saturated carbocycles. The molecule has 1 rings (SSSR count). The Labute approximate surface area is 140 Å². The number of hydrogen-bond donors (Lipinski definition) is 3. The highest BCUT2D eigenvalue weighted by Gasteiger charge is 2.26. The van der Waals surface area contributed by atoms with Gasteiger partial charge in [-0.05, 0) is 46.0 Å². The Bertz CT molecular complexity index is 380. The maximum absolute atomic E-state index is 11.8. The van der Waals surface area contributed by atoms with Crippen molar-refractivity contribution in [2.24, 2.45) is 5.92 Å². The summed E-state index contributed by atoms with van der Waals surface area (Å²) >= 11 is 0. The third kappa shape index (κ3) is 8.79. The van der Waals surface area contributed by atoms with Gasteiger partial charge >= 0.3 is 6.09 Å². The number of amides is 2. The predicted octanol–water partition coefficient (Wildman–Crippen LogP) is 2.19. The summed E-state index contributed by atoms with van der Waals surface area (Å²) in [5.41, 5.74) is -0.480. The van der Waals surface area contributed by atoms with Gasteiger partial charge in [-0.2, -0.15) is 0 Å². The molecule has 2 atom stereocenters. The lowest BCUT2D eigenvalue weighted by atomic mass is 9.84. The summed E-state index contributed by atoms with van der Waals surface area (Å²) in [6.07, 6.45) is 5.00. The molecule has 0 aromatic heterocycles. The number of carbonyl (C=O) groups is 2. The van der Waals surface area contributed by atoms with Crippen LogP contribution in [0.15, 0.2) is 0 Å². The van der Waals surface area contributed by atoms with Gasteiger partial charge in [-0.15, -0.1) is 0 Å². The van der Waals surface area contributed by atoms with E-state index in [1.54, 1.807) is 0 Å². The van der Waals surface area contributed by atoms with E-state index in [1.807, 2.05) is 27.7 Å². The summed E-state index contributed by atoms with van der Waals surface area (Å²) in [5.74, 6) is 0.381. The maximum Gasteiger partial charge on any atom is 0.407 e. The van der Waals surface area contributed by atoms with Gasteiger partial charge in [-0.25, -0.2) is 4.79 Å². The van der Waals surface area contributed by atoms with Crippen LogP contribution in [-0.4, -0.2) is 43.3 Å². The van der Waals surface area contributed by atoms with Crippen LogP contribution >= 0.6 is 0 Å². The van der Waals surface area contributed by atoms with Gasteiger partial charge < -0.3 is 20.7 Å². The minimum Gasteiger partial charge on any atom is -0.444 e. The van der Waals surface area contributed by atoms with E-state index < -0.39 is 5.60 Å². The molecule has 0 spiro atoms. The van der Waals surface area contributed by atoms with E-state index in [9.17, 15) is 9.59 Å². The van der Waals surface area contributed by atoms with Crippen LogP contribution in [0.4, 0.5) is 4.79 Å². The molecule has 134 valence electrons. The molecule has 23 heavy (non-hydrogen) atoms. The lowest BCUT2D eigenvalue weighted by molar-refractivity contribution is -0.120. The van der Waals surface area contributed by atoms with Gasteiger partial charge in [0.15, 0.2) is 0 Å². The van der Waals surface area contributed by atoms with Crippen molar-refractivity contribution in [3.63, 3.8) is 0 Å². The van der Waals surface area contributed by atoms with E-state index in [-0.39, 0.29) is 18.0 Å². The highest BCUT2D eigenvalue weighted by Crippen LogP contribution is 2.24. The van der Waals surface area contributed by atoms with Crippen molar-refractivity contribution in [2.45, 2.75) is 71.4 Å². The molecule has 0 aromatic carbocycles. The third-order valence-corrected chi connectivity index (χ3v) is 3.91. The first-order valence-corrected chi connectivity index (χ1v) is 8.78. The van der Waals surface area contributed by atoms with Gasteiger partial charge in [0, 0.05) is 19.1 Å². The van der Waals surface area contributed by atoms with Crippen molar-refractivity contribution < 1.29 is 14.3 Å². The highest BCUT2D eigenvalue weighted by molar-refractivity contribution is 5.77. The van der Waals surface area contributed by atoms with Crippen LogP contribution < -0.4 is 16.0 Å². The molecular weight excluding hydrogens is 294 g/mol. The van der Waals surface area contributed by atoms with Crippen LogP contribution in [0.5, 0.6) is 0 Å². The predicted molar refractivity (Wildman–Crippen MR) is 91.3 cm³/mol. The Hall–Kier alpha value is -1.30. The number of rotatable bonds is 7. The zero-order chi connectivity index (χ0) is 17.3. The summed E-state index contributed by atoms with van der Waals surface area (Å²) in [6, 6.07) is 0.270. The van der Waals surface area contributed by atoms with Crippen LogP contribution in [0, 0.1) is 5.92 Å². The van der Waals surface area contributed by atoms with Gasteiger partial charge in [0.25, 0.3) is 0 Å². The molecule has 1 aliphatic rings. The first-order chi connectivity index (χ1) is 10.8. The van der Waals surface area contributed by atoms with Crippen molar-refractivity contribution in [1.29, 1.82) is 0 Å². The van der Waals surface area contributed by atoms with E-state index in [4.69, 9.17) is 4.74 Å². The number of carbonyl (C=O) groups excluding carboxylic acids is 2. The van der Waals surface area contributed by atoms with Gasteiger partial charge in [-0.3, -0.25) is 4.79 Å². The van der Waals surface area contributed by atoms with Crippen molar-refractivity contribution >= 4 is 12.0 Å². The normalized spacial score (nSPS) is 21.6. The first-order valence-electron chi connectivity index (χ1n) is 8.78. The topological polar surface area (TPSA) is 79.5 Å². The average Bonchev–Trinajstić information content (AvgIpc) is 2.48. The molecule has 1 aliphatic carbocycles. The SMILES string of the molecule is CCCNC(=O)CNC1CCCCC1CNC(=O)OC(C)(C)C. The van der Waals surface area contributed by atoms with Crippen LogP contribution in [0.2, 0.25) is 0 Å². The Morgan fingerprint density at radius 3 is 2.48 bits per heavy atom. The van der Waals surface area contributed by atoms with Crippen LogP contribution in [-0.2, 0) is 9.53 Å². The van der Waals surface area contributed by atoms with Crippen molar-refractivity contribution in [3.8, 4) is 0 Å². The molecule has 1 fully saturated rings. The van der Waals surface area contributed by atoms with Crippen molar-refractivity contribution in [1.82, 2.24) is 16.0 Å². The number of alkyl carbamates (subject to hydrolysis) is 1. The third-order valence-electron chi connectivity index (χ3n) is 3.91. The Morgan fingerprint density at radius 1 is 1.13 bits per heavy atom. The summed E-state index contributed by atoms with van der Waals surface area (Å²) in [7, 11) is 0. The molecule has 3 N–H and O–H groups in total. The molecule has 0 aromatic rings. The lowest BCUT2D eigenvalue weighted by Crippen LogP contribution is -2.47. The van der Waals surface area contributed by atoms with E-state index in [0.717, 1.165) is 32.2 Å². The zero-order valence-corrected chi connectivity index (χ0v) is 15.0. The van der Waals surface area contributed by atoms with E-state index in [1.165, 1.54) is 6.42 Å². The summed E-state index contributed by atoms with van der Waals surface area (Å²) in [4.78, 5) is 23.5. The zero-order valence-electron chi connectivity index (χ0n) is 15.0. The van der Waals surface area contributed by atoms with E-state index in [0.29, 0.717) is 19.0 Å². The van der Waals surface area contributed by atoms with E-state index >= 15 is 0 Å². The van der Waals surface area contributed by atoms with Crippen LogP contribution in [0.1, 0.15) is 59.8 Å². The molecule has 0 aliphatic heterocycles. The van der Waals surface area contributed by atoms with Gasteiger partial charge in [0.05, 0.1) is 6.54 Å². The Kier molecular flexibility index (Phi) is 8.37. The van der Waals surface area contributed by atoms with Gasteiger partial charge in [0.2, 0.25) is 5.91 Å². The monoisotopic (exact) mass is 327 g/mol. The van der Waals surface area contributed by atoms with Crippen LogP contribution in [0.3, 0.4) is 0 Å². The second kappa shape index (κ2) is 9.75. The first kappa shape index (κ1) is 19.7. The molecule has 2 amide bonds. The van der Waals surface area contributed by atoms with Crippen molar-refractivity contribution in [3.05, 3.63) is 0 Å². The fourth-order valence-electron chi connectivity index (χ4n) is 2.80. The van der Waals surface area contributed by atoms with Crippen molar-refractivity contribution in [2.75, 3.05) is 19.6 Å². The number of nitrogens with one attached hydrogen (secondary N) is 3. The molecule has 6 heteroatoms. The minimum atomic E-state index is -0.480. The fourth-order valence-corrected chi connectivity index (χ4v) is 2.80. The average molecular weight is 327 g/mol. The number of hydrogen-bond acceptors (Lipinski definition) is 4. The smallest absolute Gasteiger partial charge is 0.407 e. The molecule has 0 radical (unpaired) electrons. The second-order valence-corrected chi connectivity index (χ2v) is 7.26. The number of ether oxygens (including phenoxy) is 1. The quantitative estimate of drug-likeness (QED) is 0.670. The fraction of sp³-hybridized carbons (Fsp3) is 0.882. The molecular formula is C17H33N3O3. The Morgan fingerprint density at radius 2 is 1.83 bits per heavy atom. The summed E-state index contributed by atoms with van der Waals surface area (Å²) in [6.45, 7) is 9.24. The molecule has 0 bridgehead atoms. The second-order valence-electron chi connectivity index (χ2n) is 7.26. The summed E-state index contributed by atoms with van der Waals surface area (Å²) in [5, 5.41) is 9.08. The minimum absolute atomic E-state index is 0.0382. The lowest BCUT2D eigenvalue weighted by Gasteiger charge is -2.32. The Balaban J connectivity index is 2.36. The van der Waals surface area contributed by atoms with Gasteiger partial charge in [0.1, 0.15) is 5.60 Å². The maximum atomic E-state index is 11.8. The molecule has 0 heterocycles. The van der Waals surface area contributed by atoms with Crippen LogP contribution in [0.25, 0.3) is 0 Å². The summed E-state index contributed by atoms with van der Waals surface area (Å²) < 4.78 is 5.27. The van der Waals surface area contributed by atoms with E-state index in [2.05, 4.69) is 16.0 Å². The molecule has 0 saturated heterocycles. The van der Waals surface area contributed by atoms with Gasteiger partial charge in [-0.1, -0.05) is 19.8 Å².